The topological polar surface area (TPSA) is 71.8 Å². The summed E-state index contributed by atoms with van der Waals surface area (Å²) in [6.45, 7) is 4.08. The molecule has 27 heavy (non-hydrogen) atoms. The standard InChI is InChI=1S/C20H23N5OS/c1-3-4-6-11-19(26)22-20(27)21-16-13-18-17(12-14(16)2)23-25(24-18)15-9-7-5-8-10-15/h5,7-10,12-13H,3-4,6,11H2,1-2H3,(H2,21,22,26,27). The van der Waals surface area contributed by atoms with Crippen LogP contribution in [0.2, 0.25) is 0 Å². The predicted octanol–water partition coefficient (Wildman–Crippen LogP) is 4.12. The minimum absolute atomic E-state index is 0.0605. The summed E-state index contributed by atoms with van der Waals surface area (Å²) < 4.78 is 0. The molecular weight excluding hydrogens is 358 g/mol. The smallest absolute Gasteiger partial charge is 0.226 e. The molecule has 0 atom stereocenters. The lowest BCUT2D eigenvalue weighted by Crippen LogP contribution is -2.34. The van der Waals surface area contributed by atoms with Crippen molar-refractivity contribution in [3.8, 4) is 5.69 Å². The third-order valence-electron chi connectivity index (χ3n) is 4.22. The van der Waals surface area contributed by atoms with Crippen molar-refractivity contribution in [3.63, 3.8) is 0 Å². The van der Waals surface area contributed by atoms with Gasteiger partial charge in [-0.2, -0.15) is 4.80 Å². The normalized spacial score (nSPS) is 10.7. The lowest BCUT2D eigenvalue weighted by atomic mass is 10.2. The molecule has 3 aromatic rings. The number of rotatable bonds is 6. The van der Waals surface area contributed by atoms with Crippen LogP contribution in [0.25, 0.3) is 16.7 Å². The van der Waals surface area contributed by atoms with Crippen LogP contribution in [0.15, 0.2) is 42.5 Å². The highest BCUT2D eigenvalue weighted by Crippen LogP contribution is 2.22. The highest BCUT2D eigenvalue weighted by molar-refractivity contribution is 7.80. The van der Waals surface area contributed by atoms with Gasteiger partial charge in [-0.05, 0) is 55.4 Å². The summed E-state index contributed by atoms with van der Waals surface area (Å²) in [5.41, 5.74) is 4.24. The van der Waals surface area contributed by atoms with Gasteiger partial charge >= 0.3 is 0 Å². The van der Waals surface area contributed by atoms with Gasteiger partial charge in [0.1, 0.15) is 11.0 Å². The van der Waals surface area contributed by atoms with E-state index in [-0.39, 0.29) is 5.91 Å². The molecule has 7 heteroatoms. The fourth-order valence-electron chi connectivity index (χ4n) is 2.76. The van der Waals surface area contributed by atoms with E-state index in [9.17, 15) is 4.79 Å². The van der Waals surface area contributed by atoms with Crippen molar-refractivity contribution in [2.24, 2.45) is 0 Å². The number of anilines is 1. The summed E-state index contributed by atoms with van der Waals surface area (Å²) in [5.74, 6) is -0.0605. The fourth-order valence-corrected chi connectivity index (χ4v) is 2.98. The van der Waals surface area contributed by atoms with E-state index in [1.165, 1.54) is 0 Å². The molecule has 1 aromatic heterocycles. The van der Waals surface area contributed by atoms with Crippen LogP contribution >= 0.6 is 12.2 Å². The minimum Gasteiger partial charge on any atom is -0.332 e. The first-order chi connectivity index (χ1) is 13.1. The first kappa shape index (κ1) is 19.0. The van der Waals surface area contributed by atoms with Crippen molar-refractivity contribution >= 4 is 40.0 Å². The number of amides is 1. The van der Waals surface area contributed by atoms with E-state index in [4.69, 9.17) is 12.2 Å². The number of hydrogen-bond acceptors (Lipinski definition) is 4. The number of carbonyl (C=O) groups is 1. The van der Waals surface area contributed by atoms with E-state index in [1.807, 2.05) is 49.4 Å². The van der Waals surface area contributed by atoms with Gasteiger partial charge in [-0.15, -0.1) is 10.2 Å². The number of thiocarbonyl (C=S) groups is 1. The molecule has 1 heterocycles. The van der Waals surface area contributed by atoms with Crippen LogP contribution in [-0.2, 0) is 4.79 Å². The summed E-state index contributed by atoms with van der Waals surface area (Å²) in [6.07, 6.45) is 3.48. The zero-order valence-electron chi connectivity index (χ0n) is 15.5. The van der Waals surface area contributed by atoms with Gasteiger partial charge in [0.2, 0.25) is 5.91 Å². The number of aromatic nitrogens is 3. The second-order valence-corrected chi connectivity index (χ2v) is 6.85. The first-order valence-corrected chi connectivity index (χ1v) is 9.51. The Morgan fingerprint density at radius 1 is 1.11 bits per heavy atom. The molecule has 1 amide bonds. The molecule has 0 saturated heterocycles. The lowest BCUT2D eigenvalue weighted by Gasteiger charge is -2.11. The number of nitrogens with one attached hydrogen (secondary N) is 2. The molecule has 0 aliphatic carbocycles. The molecule has 6 nitrogen and oxygen atoms in total. The summed E-state index contributed by atoms with van der Waals surface area (Å²) in [6, 6.07) is 13.6. The Labute approximate surface area is 164 Å². The van der Waals surface area contributed by atoms with Gasteiger partial charge in [0.15, 0.2) is 5.11 Å². The number of aryl methyl sites for hydroxylation is 1. The third kappa shape index (κ3) is 4.89. The van der Waals surface area contributed by atoms with Crippen molar-refractivity contribution < 1.29 is 4.79 Å². The third-order valence-corrected chi connectivity index (χ3v) is 4.43. The number of carbonyl (C=O) groups excluding carboxylic acids is 1. The molecule has 0 radical (unpaired) electrons. The summed E-state index contributed by atoms with van der Waals surface area (Å²) in [7, 11) is 0. The van der Waals surface area contributed by atoms with Crippen LogP contribution < -0.4 is 10.6 Å². The predicted molar refractivity (Wildman–Crippen MR) is 112 cm³/mol. The molecule has 0 aliphatic heterocycles. The van der Waals surface area contributed by atoms with Crippen LogP contribution in [0.3, 0.4) is 0 Å². The molecule has 2 aromatic carbocycles. The molecule has 3 rings (SSSR count). The van der Waals surface area contributed by atoms with E-state index in [2.05, 4.69) is 27.8 Å². The van der Waals surface area contributed by atoms with Crippen LogP contribution in [0.5, 0.6) is 0 Å². The second kappa shape index (κ2) is 8.73. The number of para-hydroxylation sites is 1. The number of nitrogens with zero attached hydrogens (tertiary/aromatic N) is 3. The highest BCUT2D eigenvalue weighted by Gasteiger charge is 2.10. The zero-order chi connectivity index (χ0) is 19.2. The van der Waals surface area contributed by atoms with Crippen molar-refractivity contribution in [1.29, 1.82) is 0 Å². The molecule has 0 aliphatic rings. The monoisotopic (exact) mass is 381 g/mol. The van der Waals surface area contributed by atoms with Gasteiger partial charge in [-0.25, -0.2) is 0 Å². The maximum absolute atomic E-state index is 11.9. The summed E-state index contributed by atoms with van der Waals surface area (Å²) >= 11 is 5.27. The maximum atomic E-state index is 11.9. The average molecular weight is 382 g/mol. The van der Waals surface area contributed by atoms with Crippen molar-refractivity contribution in [1.82, 2.24) is 20.3 Å². The number of hydrogen-bond donors (Lipinski definition) is 2. The number of fused-ring (bicyclic) bond motifs is 1. The quantitative estimate of drug-likeness (QED) is 0.496. The molecule has 2 N–H and O–H groups in total. The molecule has 140 valence electrons. The SMILES string of the molecule is CCCCCC(=O)NC(=S)Nc1cc2nn(-c3ccccc3)nc2cc1C. The molecule has 0 bridgehead atoms. The van der Waals surface area contributed by atoms with Crippen LogP contribution in [-0.4, -0.2) is 26.0 Å². The Kier molecular flexibility index (Phi) is 6.13. The van der Waals surface area contributed by atoms with E-state index in [1.54, 1.807) is 4.80 Å². The van der Waals surface area contributed by atoms with Gasteiger partial charge in [-0.1, -0.05) is 38.0 Å². The minimum atomic E-state index is -0.0605. The molecular formula is C20H23N5OS. The molecule has 0 unspecified atom stereocenters. The Morgan fingerprint density at radius 2 is 1.81 bits per heavy atom. The molecule has 0 spiro atoms. The Morgan fingerprint density at radius 3 is 2.52 bits per heavy atom. The van der Waals surface area contributed by atoms with Gasteiger partial charge in [0, 0.05) is 12.1 Å². The fraction of sp³-hybridized carbons (Fsp3) is 0.300. The number of unbranched alkanes of at least 4 members (excludes halogenated alkanes) is 2. The highest BCUT2D eigenvalue weighted by atomic mass is 32.1. The van der Waals surface area contributed by atoms with Crippen molar-refractivity contribution in [3.05, 3.63) is 48.0 Å². The van der Waals surface area contributed by atoms with E-state index in [0.29, 0.717) is 11.5 Å². The maximum Gasteiger partial charge on any atom is 0.226 e. The number of benzene rings is 2. The van der Waals surface area contributed by atoms with Gasteiger partial charge in [0.25, 0.3) is 0 Å². The van der Waals surface area contributed by atoms with E-state index < -0.39 is 0 Å². The van der Waals surface area contributed by atoms with E-state index >= 15 is 0 Å². The van der Waals surface area contributed by atoms with E-state index in [0.717, 1.165) is 47.2 Å². The first-order valence-electron chi connectivity index (χ1n) is 9.11. The lowest BCUT2D eigenvalue weighted by molar-refractivity contribution is -0.119. The summed E-state index contributed by atoms with van der Waals surface area (Å²) in [5, 5.41) is 15.2. The average Bonchev–Trinajstić information content (AvgIpc) is 3.05. The Bertz CT molecular complexity index is 952. The van der Waals surface area contributed by atoms with Gasteiger partial charge in [-0.3, -0.25) is 4.79 Å². The van der Waals surface area contributed by atoms with Gasteiger partial charge in [0.05, 0.1) is 5.69 Å². The van der Waals surface area contributed by atoms with Crippen molar-refractivity contribution in [2.75, 3.05) is 5.32 Å². The van der Waals surface area contributed by atoms with Crippen LogP contribution in [0.1, 0.15) is 38.2 Å². The van der Waals surface area contributed by atoms with Crippen molar-refractivity contribution in [2.45, 2.75) is 39.5 Å². The van der Waals surface area contributed by atoms with Gasteiger partial charge < -0.3 is 10.6 Å². The molecule has 0 saturated carbocycles. The zero-order valence-corrected chi connectivity index (χ0v) is 16.3. The Hall–Kier alpha value is -2.80. The summed E-state index contributed by atoms with van der Waals surface area (Å²) in [4.78, 5) is 13.5. The molecule has 0 fully saturated rings. The van der Waals surface area contributed by atoms with Crippen LogP contribution in [0.4, 0.5) is 5.69 Å². The Balaban J connectivity index is 1.72. The second-order valence-electron chi connectivity index (χ2n) is 6.44. The largest absolute Gasteiger partial charge is 0.332 e. The van der Waals surface area contributed by atoms with Crippen LogP contribution in [0, 0.1) is 6.92 Å².